The van der Waals surface area contributed by atoms with E-state index in [-0.39, 0.29) is 0 Å². The molecular formula is C14H22BrNO2. The van der Waals surface area contributed by atoms with Gasteiger partial charge in [0.05, 0.1) is 12.7 Å². The Morgan fingerprint density at radius 1 is 1.33 bits per heavy atom. The van der Waals surface area contributed by atoms with E-state index in [9.17, 15) is 5.11 Å². The molecule has 0 fully saturated rings. The number of ether oxygens (including phenoxy) is 1. The number of anilines is 1. The number of halogens is 1. The monoisotopic (exact) mass is 315 g/mol. The fourth-order valence-corrected chi connectivity index (χ4v) is 1.91. The van der Waals surface area contributed by atoms with Crippen molar-refractivity contribution < 1.29 is 9.84 Å². The number of aliphatic hydroxyl groups is 1. The van der Waals surface area contributed by atoms with E-state index in [2.05, 4.69) is 35.1 Å². The van der Waals surface area contributed by atoms with Gasteiger partial charge in [0, 0.05) is 23.3 Å². The number of rotatable bonds is 7. The molecule has 1 aromatic carbocycles. The minimum atomic E-state index is -0.490. The molecule has 0 aliphatic carbocycles. The van der Waals surface area contributed by atoms with Gasteiger partial charge >= 0.3 is 0 Å². The first-order valence-corrected chi connectivity index (χ1v) is 7.04. The van der Waals surface area contributed by atoms with Gasteiger partial charge < -0.3 is 15.2 Å². The summed E-state index contributed by atoms with van der Waals surface area (Å²) in [7, 11) is 0. The van der Waals surface area contributed by atoms with E-state index in [4.69, 9.17) is 4.74 Å². The van der Waals surface area contributed by atoms with Gasteiger partial charge in [0.15, 0.2) is 0 Å². The van der Waals surface area contributed by atoms with Crippen molar-refractivity contribution in [2.24, 2.45) is 5.92 Å². The van der Waals surface area contributed by atoms with E-state index in [0.717, 1.165) is 10.2 Å². The molecule has 0 saturated carbocycles. The molecule has 3 nitrogen and oxygen atoms in total. The van der Waals surface area contributed by atoms with Crippen LogP contribution in [0.5, 0.6) is 0 Å². The van der Waals surface area contributed by atoms with Crippen LogP contribution < -0.4 is 5.32 Å². The van der Waals surface area contributed by atoms with Crippen molar-refractivity contribution in [3.05, 3.63) is 28.2 Å². The lowest BCUT2D eigenvalue weighted by Gasteiger charge is -2.15. The molecule has 0 saturated heterocycles. The van der Waals surface area contributed by atoms with Gasteiger partial charge in [0.25, 0.3) is 0 Å². The van der Waals surface area contributed by atoms with Crippen molar-refractivity contribution in [3.8, 4) is 0 Å². The molecule has 1 rings (SSSR count). The number of hydrogen-bond donors (Lipinski definition) is 2. The number of aryl methyl sites for hydroxylation is 1. The summed E-state index contributed by atoms with van der Waals surface area (Å²) in [5.41, 5.74) is 2.17. The number of benzene rings is 1. The lowest BCUT2D eigenvalue weighted by molar-refractivity contribution is 0.0318. The second kappa shape index (κ2) is 7.77. The fraction of sp³-hybridized carbons (Fsp3) is 0.571. The van der Waals surface area contributed by atoms with Gasteiger partial charge in [-0.05, 0) is 40.4 Å². The highest BCUT2D eigenvalue weighted by Crippen LogP contribution is 2.25. The van der Waals surface area contributed by atoms with Crippen LogP contribution in [0.25, 0.3) is 0 Å². The molecule has 1 unspecified atom stereocenters. The Morgan fingerprint density at radius 2 is 2.06 bits per heavy atom. The molecule has 0 heterocycles. The summed E-state index contributed by atoms with van der Waals surface area (Å²) in [5, 5.41) is 13.0. The van der Waals surface area contributed by atoms with Crippen molar-refractivity contribution in [2.45, 2.75) is 26.9 Å². The molecule has 1 aromatic rings. The SMILES string of the molecule is Cc1cccc(NCC(O)COCC(C)C)c1Br. The third-order valence-corrected chi connectivity index (χ3v) is 3.53. The zero-order valence-electron chi connectivity index (χ0n) is 11.2. The summed E-state index contributed by atoms with van der Waals surface area (Å²) in [6, 6.07) is 6.01. The molecule has 0 amide bonds. The first kappa shape index (κ1) is 15.5. The van der Waals surface area contributed by atoms with E-state index in [0.29, 0.717) is 25.7 Å². The largest absolute Gasteiger partial charge is 0.389 e. The van der Waals surface area contributed by atoms with E-state index in [1.165, 1.54) is 5.56 Å². The van der Waals surface area contributed by atoms with Crippen molar-refractivity contribution in [3.63, 3.8) is 0 Å². The van der Waals surface area contributed by atoms with Gasteiger partial charge in [-0.15, -0.1) is 0 Å². The average Bonchev–Trinajstić information content (AvgIpc) is 2.30. The van der Waals surface area contributed by atoms with Gasteiger partial charge in [0.2, 0.25) is 0 Å². The van der Waals surface area contributed by atoms with Gasteiger partial charge in [-0.25, -0.2) is 0 Å². The molecular weight excluding hydrogens is 294 g/mol. The minimum absolute atomic E-state index is 0.370. The van der Waals surface area contributed by atoms with Crippen molar-refractivity contribution in [1.82, 2.24) is 0 Å². The number of aliphatic hydroxyl groups excluding tert-OH is 1. The fourth-order valence-electron chi connectivity index (χ4n) is 1.51. The van der Waals surface area contributed by atoms with Crippen molar-refractivity contribution >= 4 is 21.6 Å². The molecule has 0 bridgehead atoms. The van der Waals surface area contributed by atoms with Crippen LogP contribution in [0.2, 0.25) is 0 Å². The Labute approximate surface area is 118 Å². The van der Waals surface area contributed by atoms with Crippen LogP contribution >= 0.6 is 15.9 Å². The highest BCUT2D eigenvalue weighted by Gasteiger charge is 2.07. The van der Waals surface area contributed by atoms with Gasteiger partial charge in [-0.2, -0.15) is 0 Å². The summed E-state index contributed by atoms with van der Waals surface area (Å²) in [4.78, 5) is 0. The minimum Gasteiger partial charge on any atom is -0.389 e. The van der Waals surface area contributed by atoms with E-state index >= 15 is 0 Å². The van der Waals surface area contributed by atoms with Crippen LogP contribution in [-0.2, 0) is 4.74 Å². The normalized spacial score (nSPS) is 12.8. The van der Waals surface area contributed by atoms with E-state index in [1.54, 1.807) is 0 Å². The zero-order chi connectivity index (χ0) is 13.5. The first-order chi connectivity index (χ1) is 8.50. The smallest absolute Gasteiger partial charge is 0.0945 e. The third kappa shape index (κ3) is 5.38. The number of hydrogen-bond acceptors (Lipinski definition) is 3. The Balaban J connectivity index is 2.33. The summed E-state index contributed by atoms with van der Waals surface area (Å²) >= 11 is 3.53. The highest BCUT2D eigenvalue weighted by molar-refractivity contribution is 9.10. The second-order valence-electron chi connectivity index (χ2n) is 4.90. The van der Waals surface area contributed by atoms with Crippen LogP contribution in [0.4, 0.5) is 5.69 Å². The van der Waals surface area contributed by atoms with Gasteiger partial charge in [-0.1, -0.05) is 26.0 Å². The number of nitrogens with one attached hydrogen (secondary N) is 1. The summed E-state index contributed by atoms with van der Waals surface area (Å²) in [6.07, 6.45) is -0.490. The molecule has 0 spiro atoms. The summed E-state index contributed by atoms with van der Waals surface area (Å²) in [5.74, 6) is 0.496. The second-order valence-corrected chi connectivity index (χ2v) is 5.70. The Hall–Kier alpha value is -0.580. The van der Waals surface area contributed by atoms with Crippen molar-refractivity contribution in [1.29, 1.82) is 0 Å². The molecule has 18 heavy (non-hydrogen) atoms. The molecule has 0 aliphatic heterocycles. The Morgan fingerprint density at radius 3 is 2.72 bits per heavy atom. The quantitative estimate of drug-likeness (QED) is 0.812. The predicted molar refractivity (Wildman–Crippen MR) is 79.0 cm³/mol. The zero-order valence-corrected chi connectivity index (χ0v) is 12.8. The summed E-state index contributed by atoms with van der Waals surface area (Å²) in [6.45, 7) is 7.76. The van der Waals surface area contributed by atoms with E-state index < -0.39 is 6.10 Å². The standard InChI is InChI=1S/C14H22BrNO2/c1-10(2)8-18-9-12(17)7-16-13-6-4-5-11(3)14(13)15/h4-6,10,12,16-17H,7-9H2,1-3H3. The molecule has 4 heteroatoms. The predicted octanol–water partition coefficient (Wildman–Crippen LogP) is 3.20. The van der Waals surface area contributed by atoms with Crippen LogP contribution in [0, 0.1) is 12.8 Å². The van der Waals surface area contributed by atoms with Gasteiger partial charge in [0.1, 0.15) is 0 Å². The lowest BCUT2D eigenvalue weighted by atomic mass is 10.2. The maximum Gasteiger partial charge on any atom is 0.0945 e. The van der Waals surface area contributed by atoms with Crippen LogP contribution in [0.1, 0.15) is 19.4 Å². The maximum absolute atomic E-state index is 9.78. The Kier molecular flexibility index (Phi) is 6.68. The van der Waals surface area contributed by atoms with Crippen LogP contribution in [-0.4, -0.2) is 31.0 Å². The van der Waals surface area contributed by atoms with Crippen LogP contribution in [0.3, 0.4) is 0 Å². The highest BCUT2D eigenvalue weighted by atomic mass is 79.9. The summed E-state index contributed by atoms with van der Waals surface area (Å²) < 4.78 is 6.44. The molecule has 0 aliphatic rings. The topological polar surface area (TPSA) is 41.5 Å². The first-order valence-electron chi connectivity index (χ1n) is 6.25. The maximum atomic E-state index is 9.78. The van der Waals surface area contributed by atoms with E-state index in [1.807, 2.05) is 25.1 Å². The molecule has 1 atom stereocenters. The molecule has 102 valence electrons. The third-order valence-electron chi connectivity index (χ3n) is 2.48. The molecule has 0 aromatic heterocycles. The average molecular weight is 316 g/mol. The van der Waals surface area contributed by atoms with Gasteiger partial charge in [-0.3, -0.25) is 0 Å². The van der Waals surface area contributed by atoms with Crippen molar-refractivity contribution in [2.75, 3.05) is 25.1 Å². The molecule has 2 N–H and O–H groups in total. The lowest BCUT2D eigenvalue weighted by Crippen LogP contribution is -2.25. The molecule has 0 radical (unpaired) electrons. The Bertz CT molecular complexity index is 369. The van der Waals surface area contributed by atoms with Crippen LogP contribution in [0.15, 0.2) is 22.7 Å².